The van der Waals surface area contributed by atoms with Crippen LogP contribution in [0.5, 0.6) is 0 Å². The van der Waals surface area contributed by atoms with Crippen molar-refractivity contribution < 1.29 is 0 Å². The number of hydrogen-bond donors (Lipinski definition) is 0. The van der Waals surface area contributed by atoms with Crippen LogP contribution >= 0.6 is 0 Å². The van der Waals surface area contributed by atoms with E-state index < -0.39 is 0 Å². The van der Waals surface area contributed by atoms with E-state index in [9.17, 15) is 0 Å². The first-order chi connectivity index (χ1) is 29.8. The highest BCUT2D eigenvalue weighted by molar-refractivity contribution is 6.40. The minimum Gasteiger partial charge on any atom is -0.0616 e. The van der Waals surface area contributed by atoms with E-state index in [0.717, 1.165) is 0 Å². The summed E-state index contributed by atoms with van der Waals surface area (Å²) in [4.78, 5) is 0. The molecule has 0 heterocycles. The fourth-order valence-corrected chi connectivity index (χ4v) is 10.5. The maximum absolute atomic E-state index is 2.43. The molecule has 6 bridgehead atoms. The van der Waals surface area contributed by atoms with Crippen LogP contribution in [0.2, 0.25) is 0 Å². The van der Waals surface area contributed by atoms with Gasteiger partial charge in [0, 0.05) is 0 Å². The average molecular weight is 757 g/mol. The van der Waals surface area contributed by atoms with Crippen molar-refractivity contribution in [2.45, 2.75) is 0 Å². The molecule has 60 heavy (non-hydrogen) atoms. The molecule has 0 aliphatic rings. The monoisotopic (exact) mass is 756 g/mol. The van der Waals surface area contributed by atoms with Gasteiger partial charge in [-0.15, -0.1) is 0 Å². The van der Waals surface area contributed by atoms with Gasteiger partial charge >= 0.3 is 0 Å². The Balaban J connectivity index is 1.43. The van der Waals surface area contributed by atoms with Crippen LogP contribution in [0, 0.1) is 0 Å². The van der Waals surface area contributed by atoms with Gasteiger partial charge in [0.2, 0.25) is 0 Å². The van der Waals surface area contributed by atoms with Crippen LogP contribution in [0.3, 0.4) is 0 Å². The Morgan fingerprint density at radius 1 is 0.133 bits per heavy atom. The normalized spacial score (nSPS) is 12.0. The van der Waals surface area contributed by atoms with E-state index in [1.165, 1.54) is 129 Å². The second-order valence-corrected chi connectivity index (χ2v) is 16.3. The molecule has 14 aromatic carbocycles. The molecule has 14 aromatic rings. The minimum absolute atomic E-state index is 1.20. The average Bonchev–Trinajstić information content (AvgIpc) is 3.31. The summed E-state index contributed by atoms with van der Waals surface area (Å²) in [6.07, 6.45) is 0. The van der Waals surface area contributed by atoms with Crippen molar-refractivity contribution in [1.29, 1.82) is 0 Å². The Hall–Kier alpha value is -7.80. The van der Waals surface area contributed by atoms with Crippen LogP contribution in [0.1, 0.15) is 0 Å². The van der Waals surface area contributed by atoms with E-state index in [2.05, 4.69) is 218 Å². The second-order valence-electron chi connectivity index (χ2n) is 16.3. The van der Waals surface area contributed by atoms with Gasteiger partial charge in [0.25, 0.3) is 0 Å². The third-order valence-corrected chi connectivity index (χ3v) is 13.1. The molecule has 0 aliphatic carbocycles. The predicted octanol–water partition coefficient (Wildman–Crippen LogP) is 17.2. The molecule has 0 spiro atoms. The third-order valence-electron chi connectivity index (χ3n) is 13.1. The zero-order valence-electron chi connectivity index (χ0n) is 32.8. The molecule has 0 amide bonds. The predicted molar refractivity (Wildman–Crippen MR) is 263 cm³/mol. The fourth-order valence-electron chi connectivity index (χ4n) is 10.5. The van der Waals surface area contributed by atoms with Crippen molar-refractivity contribution in [1.82, 2.24) is 0 Å². The van der Waals surface area contributed by atoms with E-state index in [1.807, 2.05) is 0 Å². The van der Waals surface area contributed by atoms with Crippen LogP contribution in [0.25, 0.3) is 129 Å². The van der Waals surface area contributed by atoms with Gasteiger partial charge in [-0.25, -0.2) is 0 Å². The van der Waals surface area contributed by atoms with Gasteiger partial charge in [0.15, 0.2) is 0 Å². The van der Waals surface area contributed by atoms with E-state index in [4.69, 9.17) is 0 Å². The Labute approximate surface area is 346 Å². The second kappa shape index (κ2) is 12.9. The number of fused-ring (bicyclic) bond motifs is 6. The summed E-state index contributed by atoms with van der Waals surface area (Å²) in [7, 11) is 0. The summed E-state index contributed by atoms with van der Waals surface area (Å²) in [5, 5.41) is 29.8. The van der Waals surface area contributed by atoms with Crippen molar-refractivity contribution in [3.8, 4) is 0 Å². The number of rotatable bonds is 0. The molecular weight excluding hydrogens is 721 g/mol. The fraction of sp³-hybridized carbons (Fsp3) is 0. The van der Waals surface area contributed by atoms with Crippen LogP contribution in [-0.4, -0.2) is 0 Å². The van der Waals surface area contributed by atoms with Crippen LogP contribution in [0.15, 0.2) is 218 Å². The van der Waals surface area contributed by atoms with Crippen LogP contribution in [0.4, 0.5) is 0 Å². The van der Waals surface area contributed by atoms with E-state index >= 15 is 0 Å². The molecule has 0 nitrogen and oxygen atoms in total. The summed E-state index contributed by atoms with van der Waals surface area (Å²) >= 11 is 0. The lowest BCUT2D eigenvalue weighted by atomic mass is 9.87. The summed E-state index contributed by atoms with van der Waals surface area (Å²) < 4.78 is 0. The first-order valence-electron chi connectivity index (χ1n) is 20.9. The Morgan fingerprint density at radius 2 is 0.317 bits per heavy atom. The Bertz CT molecular complexity index is 3710. The Morgan fingerprint density at radius 3 is 0.550 bits per heavy atom. The van der Waals surface area contributed by atoms with E-state index in [0.29, 0.717) is 0 Å². The van der Waals surface area contributed by atoms with Gasteiger partial charge < -0.3 is 0 Å². The molecule has 0 fully saturated rings. The molecule has 276 valence electrons. The molecule has 0 saturated heterocycles. The highest BCUT2D eigenvalue weighted by Gasteiger charge is 2.16. The molecule has 0 aliphatic heterocycles. The van der Waals surface area contributed by atoms with Crippen LogP contribution in [-0.2, 0) is 0 Å². The molecule has 0 atom stereocenters. The number of benzene rings is 12. The topological polar surface area (TPSA) is 0 Å². The lowest BCUT2D eigenvalue weighted by Crippen LogP contribution is -1.87. The SMILES string of the molecule is c1ccc2cc3c(cc2c1)c1ccc(cc1)c1cc2ccccc2cc1c1c2ccccc2c(c2ccccc21)c1ccccc1c1c2ccccc2c3c2ccccc21. The van der Waals surface area contributed by atoms with Crippen molar-refractivity contribution >= 4 is 129 Å². The summed E-state index contributed by atoms with van der Waals surface area (Å²) in [5.41, 5.74) is 0. The van der Waals surface area contributed by atoms with Gasteiger partial charge in [-0.05, 0) is 154 Å². The molecular formula is C60H36. The van der Waals surface area contributed by atoms with Crippen LogP contribution < -0.4 is 0 Å². The van der Waals surface area contributed by atoms with Crippen molar-refractivity contribution in [2.75, 3.05) is 0 Å². The molecule has 0 saturated carbocycles. The van der Waals surface area contributed by atoms with Crippen molar-refractivity contribution in [3.63, 3.8) is 0 Å². The molecule has 0 unspecified atom stereocenters. The quantitative estimate of drug-likeness (QED) is 0.135. The lowest BCUT2D eigenvalue weighted by molar-refractivity contribution is 1.78. The van der Waals surface area contributed by atoms with Gasteiger partial charge in [-0.3, -0.25) is 0 Å². The highest BCUT2D eigenvalue weighted by Crippen LogP contribution is 2.45. The maximum atomic E-state index is 2.43. The van der Waals surface area contributed by atoms with Gasteiger partial charge in [-0.2, -0.15) is 0 Å². The standard InChI is InChI=1S/C60H36/c1-3-17-41-35-55-53(33-39(41)15-1)37-29-31-38(32-30-37)54-34-40-16-2-4-18-42(40)36-56(54)60-51-27-13-9-23-47(51)58(48-24-10-14-28-52(48)60)44-20-6-5-19-43(44)57-45-21-7-11-25-49(45)59(55)50-26-12-8-22-46(50)57/h1-36H. The highest BCUT2D eigenvalue weighted by atomic mass is 14.2. The first kappa shape index (κ1) is 33.2. The van der Waals surface area contributed by atoms with Crippen molar-refractivity contribution in [2.24, 2.45) is 0 Å². The van der Waals surface area contributed by atoms with Crippen molar-refractivity contribution in [3.05, 3.63) is 218 Å². The molecule has 0 radical (unpaired) electrons. The summed E-state index contributed by atoms with van der Waals surface area (Å²) in [6, 6.07) is 82.2. The molecule has 0 aromatic heterocycles. The van der Waals surface area contributed by atoms with E-state index in [-0.39, 0.29) is 0 Å². The first-order valence-corrected chi connectivity index (χ1v) is 20.9. The molecule has 0 heteroatoms. The zero-order valence-corrected chi connectivity index (χ0v) is 32.8. The van der Waals surface area contributed by atoms with Gasteiger partial charge in [0.05, 0.1) is 0 Å². The minimum atomic E-state index is 1.20. The Kier molecular flexibility index (Phi) is 7.11. The lowest BCUT2D eigenvalue weighted by Gasteiger charge is -2.16. The molecule has 14 rings (SSSR count). The largest absolute Gasteiger partial charge is 0.0616 e. The van der Waals surface area contributed by atoms with Gasteiger partial charge in [0.1, 0.15) is 0 Å². The maximum Gasteiger partial charge on any atom is -0.00199 e. The zero-order chi connectivity index (χ0) is 39.3. The summed E-state index contributed by atoms with van der Waals surface area (Å²) in [5.74, 6) is 0. The molecule has 0 N–H and O–H groups in total. The number of hydrogen-bond acceptors (Lipinski definition) is 0. The van der Waals surface area contributed by atoms with E-state index in [1.54, 1.807) is 0 Å². The smallest absolute Gasteiger partial charge is 0.00199 e. The third kappa shape index (κ3) is 4.79. The summed E-state index contributed by atoms with van der Waals surface area (Å²) in [6.45, 7) is 0. The van der Waals surface area contributed by atoms with Gasteiger partial charge in [-0.1, -0.05) is 194 Å².